The Labute approximate surface area is 372 Å². The van der Waals surface area contributed by atoms with E-state index in [0.29, 0.717) is 0 Å². The van der Waals surface area contributed by atoms with Crippen LogP contribution in [0.3, 0.4) is 0 Å². The van der Waals surface area contributed by atoms with Gasteiger partial charge in [0.1, 0.15) is 0 Å². The minimum atomic E-state index is -0.424. The van der Waals surface area contributed by atoms with Crippen molar-refractivity contribution in [1.29, 1.82) is 0 Å². The van der Waals surface area contributed by atoms with Crippen molar-refractivity contribution < 1.29 is 0 Å². The van der Waals surface area contributed by atoms with E-state index in [1.165, 1.54) is 109 Å². The molecule has 0 saturated heterocycles. The first-order valence-electron chi connectivity index (χ1n) is 21.5. The van der Waals surface area contributed by atoms with Crippen LogP contribution >= 0.6 is 22.7 Å². The molecule has 0 bridgehead atoms. The van der Waals surface area contributed by atoms with E-state index < -0.39 is 10.8 Å². The maximum absolute atomic E-state index is 2.48. The van der Waals surface area contributed by atoms with Crippen LogP contribution in [0, 0.1) is 13.8 Å². The van der Waals surface area contributed by atoms with Gasteiger partial charge in [-0.1, -0.05) is 193 Å². The third-order valence-electron chi connectivity index (χ3n) is 13.4. The quantitative estimate of drug-likeness (QED) is 0.150. The summed E-state index contributed by atoms with van der Waals surface area (Å²) in [6, 6.07) is 82.1. The molecule has 294 valence electrons. The van der Waals surface area contributed by atoms with Crippen LogP contribution in [0.25, 0.3) is 52.9 Å². The van der Waals surface area contributed by atoms with E-state index in [4.69, 9.17) is 0 Å². The van der Waals surface area contributed by atoms with Crippen molar-refractivity contribution in [3.63, 3.8) is 0 Å². The number of benzene rings is 8. The molecule has 0 fully saturated rings. The first-order valence-corrected chi connectivity index (χ1v) is 23.1. The normalized spacial score (nSPS) is 13.9. The third kappa shape index (κ3) is 5.43. The molecule has 0 atom stereocenters. The van der Waals surface area contributed by atoms with Crippen LogP contribution in [0.15, 0.2) is 218 Å². The Morgan fingerprint density at radius 1 is 0.274 bits per heavy atom. The first-order chi connectivity index (χ1) is 30.5. The molecule has 0 N–H and O–H groups in total. The van der Waals surface area contributed by atoms with Crippen molar-refractivity contribution in [2.45, 2.75) is 24.7 Å². The van der Waals surface area contributed by atoms with Crippen molar-refractivity contribution in [1.82, 2.24) is 0 Å². The fraction of sp³-hybridized carbons (Fsp3) is 0.0667. The van der Waals surface area contributed by atoms with Crippen molar-refractivity contribution in [3.8, 4) is 52.9 Å². The van der Waals surface area contributed by atoms with Crippen LogP contribution in [0.1, 0.15) is 55.6 Å². The summed E-state index contributed by atoms with van der Waals surface area (Å²) < 4.78 is 0. The van der Waals surface area contributed by atoms with E-state index in [9.17, 15) is 0 Å². The van der Waals surface area contributed by atoms with Crippen molar-refractivity contribution in [3.05, 3.63) is 274 Å². The van der Waals surface area contributed by atoms with Gasteiger partial charge in [0.15, 0.2) is 0 Å². The molecule has 0 aliphatic heterocycles. The highest BCUT2D eigenvalue weighted by atomic mass is 32.1. The zero-order valence-electron chi connectivity index (χ0n) is 34.6. The lowest BCUT2D eigenvalue weighted by molar-refractivity contribution is 0.768. The Balaban J connectivity index is 0.950. The molecule has 2 heterocycles. The highest BCUT2D eigenvalue weighted by molar-refractivity contribution is 7.25. The third-order valence-corrected chi connectivity index (χ3v) is 15.9. The van der Waals surface area contributed by atoms with E-state index in [1.54, 1.807) is 0 Å². The number of aryl methyl sites for hydroxylation is 2. The average Bonchev–Trinajstić information content (AvgIpc) is 4.13. The summed E-state index contributed by atoms with van der Waals surface area (Å²) in [5, 5.41) is 0. The van der Waals surface area contributed by atoms with E-state index in [1.807, 2.05) is 22.7 Å². The lowest BCUT2D eigenvalue weighted by Gasteiger charge is -2.34. The van der Waals surface area contributed by atoms with Gasteiger partial charge in [-0.2, -0.15) is 0 Å². The summed E-state index contributed by atoms with van der Waals surface area (Å²) in [5.74, 6) is 0. The predicted octanol–water partition coefficient (Wildman–Crippen LogP) is 16.2. The second kappa shape index (κ2) is 14.4. The second-order valence-electron chi connectivity index (χ2n) is 16.9. The molecule has 2 aliphatic carbocycles. The molecule has 12 rings (SSSR count). The number of hydrogen-bond donors (Lipinski definition) is 0. The van der Waals surface area contributed by atoms with Crippen LogP contribution < -0.4 is 0 Å². The number of thiophene rings is 2. The maximum atomic E-state index is 2.48. The summed E-state index contributed by atoms with van der Waals surface area (Å²) in [4.78, 5) is 5.14. The summed E-state index contributed by atoms with van der Waals surface area (Å²) in [5.41, 5.74) is 20.0. The highest BCUT2D eigenvalue weighted by Gasteiger charge is 2.47. The van der Waals surface area contributed by atoms with E-state index >= 15 is 0 Å². The molecule has 0 unspecified atom stereocenters. The Morgan fingerprint density at radius 2 is 0.565 bits per heavy atom. The molecule has 62 heavy (non-hydrogen) atoms. The summed E-state index contributed by atoms with van der Waals surface area (Å²) in [7, 11) is 0. The molecule has 0 radical (unpaired) electrons. The number of hydrogen-bond acceptors (Lipinski definition) is 2. The van der Waals surface area contributed by atoms with Crippen LogP contribution in [-0.4, -0.2) is 0 Å². The standard InChI is InChI=1S/C60H42S2/c1-39-23-27-47-49-29-25-41(37-53(49)59(51(47)35-39,43-15-7-3-8-16-43)44-17-9-4-10-18-44)55-31-33-57(61-55)58-34-32-56(62-58)42-26-30-50-48-28-24-40(2)36-52(48)60(54(50)38-42,45-19-11-5-12-20-45)46-21-13-6-14-22-46/h3-38H,1-2H3. The van der Waals surface area contributed by atoms with E-state index in [2.05, 4.69) is 232 Å². The topological polar surface area (TPSA) is 0 Å². The van der Waals surface area contributed by atoms with Gasteiger partial charge in [-0.15, -0.1) is 22.7 Å². The summed E-state index contributed by atoms with van der Waals surface area (Å²) in [6.45, 7) is 4.43. The Bertz CT molecular complexity index is 2990. The molecule has 10 aromatic rings. The smallest absolute Gasteiger partial charge is 0.0713 e. The molecule has 0 amide bonds. The van der Waals surface area contributed by atoms with E-state index in [-0.39, 0.29) is 0 Å². The maximum Gasteiger partial charge on any atom is 0.0713 e. The van der Waals surface area contributed by atoms with Gasteiger partial charge in [0.05, 0.1) is 10.8 Å². The summed E-state index contributed by atoms with van der Waals surface area (Å²) >= 11 is 3.78. The fourth-order valence-corrected chi connectivity index (χ4v) is 12.9. The van der Waals surface area contributed by atoms with Crippen molar-refractivity contribution in [2.75, 3.05) is 0 Å². The number of rotatable bonds is 7. The molecule has 8 aromatic carbocycles. The molecule has 2 aromatic heterocycles. The highest BCUT2D eigenvalue weighted by Crippen LogP contribution is 2.59. The minimum absolute atomic E-state index is 0.424. The molecule has 0 spiro atoms. The van der Waals surface area contributed by atoms with E-state index in [0.717, 1.165) is 0 Å². The predicted molar refractivity (Wildman–Crippen MR) is 263 cm³/mol. The molecule has 2 aliphatic rings. The van der Waals surface area contributed by atoms with Gasteiger partial charge in [-0.25, -0.2) is 0 Å². The monoisotopic (exact) mass is 826 g/mol. The van der Waals surface area contributed by atoms with Gasteiger partial charge in [0.25, 0.3) is 0 Å². The molecule has 2 heteroatoms. The Morgan fingerprint density at radius 3 is 0.903 bits per heavy atom. The van der Waals surface area contributed by atoms with Crippen LogP contribution in [0.2, 0.25) is 0 Å². The largest absolute Gasteiger partial charge is 0.134 e. The second-order valence-corrected chi connectivity index (χ2v) is 19.1. The SMILES string of the molecule is Cc1ccc2c(c1)C(c1ccccc1)(c1ccccc1)c1cc(-c3ccc(-c4ccc(-c5ccc6c(c5)C(c5ccccc5)(c5ccccc5)c5cc(C)ccc5-6)s4)s3)ccc1-2. The van der Waals surface area contributed by atoms with Crippen molar-refractivity contribution in [2.24, 2.45) is 0 Å². The van der Waals surface area contributed by atoms with Crippen LogP contribution in [-0.2, 0) is 10.8 Å². The van der Waals surface area contributed by atoms with Gasteiger partial charge in [-0.05, 0) is 128 Å². The number of fused-ring (bicyclic) bond motifs is 6. The molecular formula is C60H42S2. The first kappa shape index (κ1) is 37.0. The zero-order valence-corrected chi connectivity index (χ0v) is 36.2. The average molecular weight is 827 g/mol. The Kier molecular flexibility index (Phi) is 8.57. The van der Waals surface area contributed by atoms with Gasteiger partial charge >= 0.3 is 0 Å². The zero-order chi connectivity index (χ0) is 41.4. The molecule has 0 saturated carbocycles. The van der Waals surface area contributed by atoms with Gasteiger partial charge < -0.3 is 0 Å². The lowest BCUT2D eigenvalue weighted by Crippen LogP contribution is -2.28. The lowest BCUT2D eigenvalue weighted by atomic mass is 9.67. The van der Waals surface area contributed by atoms with Gasteiger partial charge in [0, 0.05) is 19.5 Å². The van der Waals surface area contributed by atoms with Gasteiger partial charge in [0.2, 0.25) is 0 Å². The Hall–Kier alpha value is -6.84. The summed E-state index contributed by atoms with van der Waals surface area (Å²) in [6.07, 6.45) is 0. The van der Waals surface area contributed by atoms with Crippen molar-refractivity contribution >= 4 is 22.7 Å². The van der Waals surface area contributed by atoms with Gasteiger partial charge in [-0.3, -0.25) is 0 Å². The minimum Gasteiger partial charge on any atom is -0.134 e. The fourth-order valence-electron chi connectivity index (χ4n) is 10.8. The molecule has 0 nitrogen and oxygen atoms in total. The van der Waals surface area contributed by atoms with Crippen LogP contribution in [0.4, 0.5) is 0 Å². The van der Waals surface area contributed by atoms with Crippen LogP contribution in [0.5, 0.6) is 0 Å². The molecular weight excluding hydrogens is 785 g/mol.